The van der Waals surface area contributed by atoms with Crippen LogP contribution in [0.15, 0.2) is 41.8 Å². The molecule has 1 aliphatic rings. The van der Waals surface area contributed by atoms with E-state index in [1.165, 1.54) is 4.88 Å². The molecule has 0 radical (unpaired) electrons. The first kappa shape index (κ1) is 17.0. The maximum atomic E-state index is 12.7. The molecule has 126 valence electrons. The number of thiophene rings is 1. The first-order valence-electron chi connectivity index (χ1n) is 7.92. The van der Waals surface area contributed by atoms with Crippen LogP contribution in [0.25, 0.3) is 0 Å². The van der Waals surface area contributed by atoms with Crippen LogP contribution in [0.2, 0.25) is 5.02 Å². The third-order valence-electron chi connectivity index (χ3n) is 4.35. The molecule has 2 amide bonds. The van der Waals surface area contributed by atoms with E-state index < -0.39 is 6.04 Å². The van der Waals surface area contributed by atoms with Crippen molar-refractivity contribution in [2.75, 3.05) is 18.5 Å². The first-order chi connectivity index (χ1) is 11.6. The average Bonchev–Trinajstić information content (AvgIpc) is 3.22. The number of rotatable bonds is 5. The molecule has 1 aliphatic heterocycles. The Bertz CT molecular complexity index is 732. The normalized spacial score (nSPS) is 17.3. The van der Waals surface area contributed by atoms with Crippen molar-refractivity contribution in [3.8, 4) is 0 Å². The SMILES string of the molecule is CN(C(=O)CCc1cccs1)C1CCN(c2ccccc2Cl)C1=O. The predicted octanol–water partition coefficient (Wildman–Crippen LogP) is 3.60. The highest BCUT2D eigenvalue weighted by atomic mass is 35.5. The molecule has 1 fully saturated rings. The fourth-order valence-corrected chi connectivity index (χ4v) is 3.92. The number of likely N-dealkylation sites (N-methyl/N-ethyl adjacent to an activating group) is 1. The van der Waals surface area contributed by atoms with Crippen LogP contribution in [0.1, 0.15) is 17.7 Å². The number of amides is 2. The molecule has 1 saturated heterocycles. The smallest absolute Gasteiger partial charge is 0.249 e. The number of benzene rings is 1. The fraction of sp³-hybridized carbons (Fsp3) is 0.333. The molecule has 1 aromatic carbocycles. The third-order valence-corrected chi connectivity index (χ3v) is 5.60. The lowest BCUT2D eigenvalue weighted by atomic mass is 10.2. The number of nitrogens with zero attached hydrogens (tertiary/aromatic N) is 2. The van der Waals surface area contributed by atoms with Gasteiger partial charge in [0.05, 0.1) is 10.7 Å². The van der Waals surface area contributed by atoms with Gasteiger partial charge in [-0.05, 0) is 36.4 Å². The molecular formula is C18H19ClN2O2S. The fourth-order valence-electron chi connectivity index (χ4n) is 2.97. The van der Waals surface area contributed by atoms with Gasteiger partial charge in [-0.3, -0.25) is 9.59 Å². The van der Waals surface area contributed by atoms with E-state index in [2.05, 4.69) is 0 Å². The summed E-state index contributed by atoms with van der Waals surface area (Å²) in [5, 5.41) is 2.56. The van der Waals surface area contributed by atoms with Crippen LogP contribution in [0.5, 0.6) is 0 Å². The van der Waals surface area contributed by atoms with Gasteiger partial charge in [0.1, 0.15) is 6.04 Å². The van der Waals surface area contributed by atoms with Crippen molar-refractivity contribution in [3.63, 3.8) is 0 Å². The summed E-state index contributed by atoms with van der Waals surface area (Å²) >= 11 is 7.84. The van der Waals surface area contributed by atoms with Crippen LogP contribution in [0.4, 0.5) is 5.69 Å². The molecule has 0 N–H and O–H groups in total. The zero-order valence-corrected chi connectivity index (χ0v) is 15.0. The number of para-hydroxylation sites is 1. The Hall–Kier alpha value is -1.85. The quantitative estimate of drug-likeness (QED) is 0.815. The topological polar surface area (TPSA) is 40.6 Å². The van der Waals surface area contributed by atoms with Crippen molar-refractivity contribution >= 4 is 40.4 Å². The van der Waals surface area contributed by atoms with E-state index in [0.29, 0.717) is 30.1 Å². The van der Waals surface area contributed by atoms with E-state index in [0.717, 1.165) is 6.42 Å². The second-order valence-electron chi connectivity index (χ2n) is 5.83. The number of carbonyl (C=O) groups is 2. The summed E-state index contributed by atoms with van der Waals surface area (Å²) in [7, 11) is 1.72. The van der Waals surface area contributed by atoms with E-state index in [1.807, 2.05) is 35.7 Å². The lowest BCUT2D eigenvalue weighted by Gasteiger charge is -2.24. The molecule has 3 rings (SSSR count). The summed E-state index contributed by atoms with van der Waals surface area (Å²) in [5.74, 6) is -0.0576. The van der Waals surface area contributed by atoms with Crippen molar-refractivity contribution in [3.05, 3.63) is 51.7 Å². The lowest BCUT2D eigenvalue weighted by Crippen LogP contribution is -2.43. The number of halogens is 1. The monoisotopic (exact) mass is 362 g/mol. The summed E-state index contributed by atoms with van der Waals surface area (Å²) in [6, 6.07) is 10.9. The molecule has 0 bridgehead atoms. The van der Waals surface area contributed by atoms with Gasteiger partial charge in [0, 0.05) is 24.9 Å². The van der Waals surface area contributed by atoms with Crippen LogP contribution < -0.4 is 4.90 Å². The molecule has 0 spiro atoms. The molecule has 0 saturated carbocycles. The highest BCUT2D eigenvalue weighted by Gasteiger charge is 2.37. The minimum absolute atomic E-state index is 0.00255. The Balaban J connectivity index is 1.64. The number of carbonyl (C=O) groups excluding carboxylic acids is 2. The molecule has 6 heteroatoms. The molecular weight excluding hydrogens is 344 g/mol. The summed E-state index contributed by atoms with van der Waals surface area (Å²) in [6.45, 7) is 0.579. The highest BCUT2D eigenvalue weighted by Crippen LogP contribution is 2.30. The average molecular weight is 363 g/mol. The van der Waals surface area contributed by atoms with E-state index in [4.69, 9.17) is 11.6 Å². The van der Waals surface area contributed by atoms with E-state index in [-0.39, 0.29) is 11.8 Å². The van der Waals surface area contributed by atoms with Gasteiger partial charge in [-0.1, -0.05) is 29.8 Å². The molecule has 4 nitrogen and oxygen atoms in total. The molecule has 24 heavy (non-hydrogen) atoms. The number of anilines is 1. The largest absolute Gasteiger partial charge is 0.334 e. The van der Waals surface area contributed by atoms with Gasteiger partial charge in [0.2, 0.25) is 11.8 Å². The van der Waals surface area contributed by atoms with Crippen molar-refractivity contribution in [1.82, 2.24) is 4.90 Å². The molecule has 0 aliphatic carbocycles. The molecule has 2 heterocycles. The summed E-state index contributed by atoms with van der Waals surface area (Å²) < 4.78 is 0. The maximum Gasteiger partial charge on any atom is 0.249 e. The Kier molecular flexibility index (Phi) is 5.21. The minimum atomic E-state index is -0.405. The van der Waals surface area contributed by atoms with E-state index in [1.54, 1.807) is 34.3 Å². The van der Waals surface area contributed by atoms with Crippen LogP contribution in [-0.4, -0.2) is 36.3 Å². The molecule has 2 aromatic rings. The zero-order chi connectivity index (χ0) is 17.1. The third kappa shape index (κ3) is 3.47. The van der Waals surface area contributed by atoms with Gasteiger partial charge >= 0.3 is 0 Å². The molecule has 1 atom stereocenters. The standard InChI is InChI=1S/C18H19ClN2O2S/c1-20(17(22)9-8-13-5-4-12-24-13)16-10-11-21(18(16)23)15-7-3-2-6-14(15)19/h2-7,12,16H,8-11H2,1H3. The maximum absolute atomic E-state index is 12.7. The minimum Gasteiger partial charge on any atom is -0.334 e. The van der Waals surface area contributed by atoms with Crippen molar-refractivity contribution in [2.45, 2.75) is 25.3 Å². The Labute approximate surface area is 150 Å². The number of aryl methyl sites for hydroxylation is 1. The van der Waals surface area contributed by atoms with Crippen molar-refractivity contribution in [1.29, 1.82) is 0 Å². The van der Waals surface area contributed by atoms with Crippen molar-refractivity contribution < 1.29 is 9.59 Å². The summed E-state index contributed by atoms with van der Waals surface area (Å²) in [6.07, 6.45) is 1.77. The molecule has 1 aromatic heterocycles. The van der Waals surface area contributed by atoms with Gasteiger partial charge in [-0.15, -0.1) is 11.3 Å². The Morgan fingerprint density at radius 1 is 1.33 bits per heavy atom. The molecule has 1 unspecified atom stereocenters. The van der Waals surface area contributed by atoms with Gasteiger partial charge < -0.3 is 9.80 Å². The Morgan fingerprint density at radius 3 is 2.83 bits per heavy atom. The van der Waals surface area contributed by atoms with Gasteiger partial charge in [0.15, 0.2) is 0 Å². The Morgan fingerprint density at radius 2 is 2.12 bits per heavy atom. The second kappa shape index (κ2) is 7.36. The van der Waals surface area contributed by atoms with E-state index in [9.17, 15) is 9.59 Å². The number of hydrogen-bond donors (Lipinski definition) is 0. The number of hydrogen-bond acceptors (Lipinski definition) is 3. The zero-order valence-electron chi connectivity index (χ0n) is 13.4. The summed E-state index contributed by atoms with van der Waals surface area (Å²) in [4.78, 5) is 29.6. The van der Waals surface area contributed by atoms with Gasteiger partial charge in [0.25, 0.3) is 0 Å². The lowest BCUT2D eigenvalue weighted by molar-refractivity contribution is -0.136. The highest BCUT2D eigenvalue weighted by molar-refractivity contribution is 7.09. The van der Waals surface area contributed by atoms with Crippen LogP contribution in [0.3, 0.4) is 0 Å². The second-order valence-corrected chi connectivity index (χ2v) is 7.27. The van der Waals surface area contributed by atoms with E-state index >= 15 is 0 Å². The van der Waals surface area contributed by atoms with Gasteiger partial charge in [-0.25, -0.2) is 0 Å². The van der Waals surface area contributed by atoms with Crippen LogP contribution in [0, 0.1) is 0 Å². The van der Waals surface area contributed by atoms with Crippen molar-refractivity contribution in [2.24, 2.45) is 0 Å². The van der Waals surface area contributed by atoms with Crippen LogP contribution >= 0.6 is 22.9 Å². The van der Waals surface area contributed by atoms with Crippen LogP contribution in [-0.2, 0) is 16.0 Å². The summed E-state index contributed by atoms with van der Waals surface area (Å²) in [5.41, 5.74) is 0.714. The van der Waals surface area contributed by atoms with Gasteiger partial charge in [-0.2, -0.15) is 0 Å². The predicted molar refractivity (Wildman–Crippen MR) is 97.6 cm³/mol. The first-order valence-corrected chi connectivity index (χ1v) is 9.17.